The molecule has 0 aliphatic heterocycles. The third-order valence-corrected chi connectivity index (χ3v) is 5.73. The lowest BCUT2D eigenvalue weighted by molar-refractivity contribution is 0.102. The van der Waals surface area contributed by atoms with E-state index in [-0.39, 0.29) is 17.0 Å². The van der Waals surface area contributed by atoms with Gasteiger partial charge >= 0.3 is 0 Å². The molecule has 1 heterocycles. The first-order valence-electron chi connectivity index (χ1n) is 9.56. The Balaban J connectivity index is 1.51. The number of benzene rings is 3. The number of carbonyl (C=O) groups excluding carboxylic acids is 1. The minimum absolute atomic E-state index is 0.170. The van der Waals surface area contributed by atoms with Gasteiger partial charge < -0.3 is 5.32 Å². The molecular weight excluding hydrogens is 435 g/mol. The number of hydrogen-bond donors (Lipinski definition) is 1. The Morgan fingerprint density at radius 2 is 1.71 bits per heavy atom. The van der Waals surface area contributed by atoms with Crippen molar-refractivity contribution in [1.29, 1.82) is 0 Å². The first-order chi connectivity index (χ1) is 15.1. The molecule has 0 fully saturated rings. The molecular formula is C23H18ClFN4OS. The number of halogens is 2. The topological polar surface area (TPSA) is 59.8 Å². The van der Waals surface area contributed by atoms with Crippen LogP contribution in [0.5, 0.6) is 0 Å². The quantitative estimate of drug-likeness (QED) is 0.389. The fourth-order valence-electron chi connectivity index (χ4n) is 2.96. The second kappa shape index (κ2) is 9.76. The summed E-state index contributed by atoms with van der Waals surface area (Å²) in [6, 6.07) is 22.9. The van der Waals surface area contributed by atoms with E-state index in [1.54, 1.807) is 10.7 Å². The van der Waals surface area contributed by atoms with Crippen LogP contribution < -0.4 is 5.32 Å². The summed E-state index contributed by atoms with van der Waals surface area (Å²) in [7, 11) is 0. The Hall–Kier alpha value is -3.16. The van der Waals surface area contributed by atoms with E-state index < -0.39 is 0 Å². The predicted octanol–water partition coefficient (Wildman–Crippen LogP) is 5.72. The molecule has 5 nitrogen and oxygen atoms in total. The van der Waals surface area contributed by atoms with Gasteiger partial charge in [-0.2, -0.15) is 4.98 Å². The molecule has 0 saturated heterocycles. The number of amides is 1. The summed E-state index contributed by atoms with van der Waals surface area (Å²) in [6.07, 6.45) is 0.789. The van der Waals surface area contributed by atoms with Crippen LogP contribution in [0, 0.1) is 5.82 Å². The standard InChI is InChI=1S/C23H18ClFN4OS/c24-22-27-23(29(28-22)15-14-16-6-2-1-3-7-16)31-20-9-5-4-8-19(20)26-21(30)17-10-12-18(25)13-11-17/h1-13H,14-15H2,(H,26,30). The van der Waals surface area contributed by atoms with Gasteiger partial charge in [0.05, 0.1) is 5.69 Å². The Morgan fingerprint density at radius 3 is 2.48 bits per heavy atom. The molecule has 4 rings (SSSR count). The Kier molecular flexibility index (Phi) is 6.64. The van der Waals surface area contributed by atoms with Crippen LogP contribution >= 0.6 is 23.4 Å². The molecule has 1 N–H and O–H groups in total. The molecule has 3 aromatic carbocycles. The Labute approximate surface area is 188 Å². The molecule has 4 aromatic rings. The predicted molar refractivity (Wildman–Crippen MR) is 120 cm³/mol. The highest BCUT2D eigenvalue weighted by molar-refractivity contribution is 7.99. The monoisotopic (exact) mass is 452 g/mol. The largest absolute Gasteiger partial charge is 0.321 e. The molecule has 0 aliphatic carbocycles. The fraction of sp³-hybridized carbons (Fsp3) is 0.0870. The molecule has 31 heavy (non-hydrogen) atoms. The summed E-state index contributed by atoms with van der Waals surface area (Å²) in [4.78, 5) is 17.7. The first-order valence-corrected chi connectivity index (χ1v) is 10.8. The number of para-hydroxylation sites is 1. The summed E-state index contributed by atoms with van der Waals surface area (Å²) in [6.45, 7) is 0.621. The molecule has 1 aromatic heterocycles. The number of hydrogen-bond acceptors (Lipinski definition) is 4. The van der Waals surface area contributed by atoms with Gasteiger partial charge in [0.1, 0.15) is 5.82 Å². The minimum Gasteiger partial charge on any atom is -0.321 e. The molecule has 0 spiro atoms. The summed E-state index contributed by atoms with van der Waals surface area (Å²) in [5.74, 6) is -0.712. The lowest BCUT2D eigenvalue weighted by Crippen LogP contribution is -2.12. The SMILES string of the molecule is O=C(Nc1ccccc1Sc1nc(Cl)nn1CCc1ccccc1)c1ccc(F)cc1. The average molecular weight is 453 g/mol. The number of anilines is 1. The van der Waals surface area contributed by atoms with Gasteiger partial charge in [0.25, 0.3) is 5.91 Å². The second-order valence-corrected chi connectivity index (χ2v) is 8.03. The molecule has 0 radical (unpaired) electrons. The van der Waals surface area contributed by atoms with Crippen molar-refractivity contribution in [3.05, 3.63) is 101 Å². The lowest BCUT2D eigenvalue weighted by atomic mass is 10.2. The van der Waals surface area contributed by atoms with Crippen LogP contribution in [0.3, 0.4) is 0 Å². The zero-order valence-corrected chi connectivity index (χ0v) is 17.9. The minimum atomic E-state index is -0.390. The normalized spacial score (nSPS) is 10.8. The molecule has 0 atom stereocenters. The first kappa shape index (κ1) is 21.1. The maximum absolute atomic E-state index is 13.1. The maximum Gasteiger partial charge on any atom is 0.255 e. The van der Waals surface area contributed by atoms with Crippen molar-refractivity contribution < 1.29 is 9.18 Å². The van der Waals surface area contributed by atoms with Gasteiger partial charge in [0, 0.05) is 17.0 Å². The van der Waals surface area contributed by atoms with E-state index in [2.05, 4.69) is 27.5 Å². The van der Waals surface area contributed by atoms with E-state index >= 15 is 0 Å². The fourth-order valence-corrected chi connectivity index (χ4v) is 4.12. The van der Waals surface area contributed by atoms with Crippen LogP contribution in [-0.2, 0) is 13.0 Å². The van der Waals surface area contributed by atoms with Crippen LogP contribution in [0.15, 0.2) is 88.9 Å². The zero-order chi connectivity index (χ0) is 21.6. The van der Waals surface area contributed by atoms with Crippen molar-refractivity contribution in [3.8, 4) is 0 Å². The van der Waals surface area contributed by atoms with E-state index in [0.29, 0.717) is 23.0 Å². The molecule has 1 amide bonds. The van der Waals surface area contributed by atoms with Gasteiger partial charge in [0.2, 0.25) is 5.28 Å². The van der Waals surface area contributed by atoms with Gasteiger partial charge in [0.15, 0.2) is 5.16 Å². The van der Waals surface area contributed by atoms with Crippen molar-refractivity contribution in [2.24, 2.45) is 0 Å². The molecule has 0 aliphatic rings. The maximum atomic E-state index is 13.1. The van der Waals surface area contributed by atoms with Gasteiger partial charge in [-0.3, -0.25) is 4.79 Å². The van der Waals surface area contributed by atoms with Crippen molar-refractivity contribution in [3.63, 3.8) is 0 Å². The van der Waals surface area contributed by atoms with Crippen LogP contribution in [0.1, 0.15) is 15.9 Å². The second-order valence-electron chi connectivity index (χ2n) is 6.68. The smallest absolute Gasteiger partial charge is 0.255 e. The van der Waals surface area contributed by atoms with Gasteiger partial charge in [-0.15, -0.1) is 5.10 Å². The Morgan fingerprint density at radius 1 is 1.00 bits per heavy atom. The number of nitrogens with one attached hydrogen (secondary N) is 1. The van der Waals surface area contributed by atoms with Crippen molar-refractivity contribution in [2.75, 3.05) is 5.32 Å². The third-order valence-electron chi connectivity index (χ3n) is 4.51. The molecule has 0 bridgehead atoms. The molecule has 0 saturated carbocycles. The van der Waals surface area contributed by atoms with Crippen molar-refractivity contribution in [2.45, 2.75) is 23.0 Å². The highest BCUT2D eigenvalue weighted by Crippen LogP contribution is 2.33. The zero-order valence-electron chi connectivity index (χ0n) is 16.3. The summed E-state index contributed by atoms with van der Waals surface area (Å²) in [5, 5.41) is 7.97. The number of aromatic nitrogens is 3. The van der Waals surface area contributed by atoms with E-state index in [1.807, 2.05) is 36.4 Å². The van der Waals surface area contributed by atoms with Crippen LogP contribution in [0.4, 0.5) is 10.1 Å². The van der Waals surface area contributed by atoms with E-state index in [9.17, 15) is 9.18 Å². The lowest BCUT2D eigenvalue weighted by Gasteiger charge is -2.11. The number of carbonyl (C=O) groups is 1. The van der Waals surface area contributed by atoms with E-state index in [0.717, 1.165) is 11.3 Å². The third kappa shape index (κ3) is 5.51. The molecule has 156 valence electrons. The van der Waals surface area contributed by atoms with E-state index in [1.165, 1.54) is 41.6 Å². The van der Waals surface area contributed by atoms with Gasteiger partial charge in [-0.25, -0.2) is 9.07 Å². The highest BCUT2D eigenvalue weighted by atomic mass is 35.5. The van der Waals surface area contributed by atoms with Crippen LogP contribution in [0.25, 0.3) is 0 Å². The summed E-state index contributed by atoms with van der Waals surface area (Å²) in [5.41, 5.74) is 2.18. The molecule has 8 heteroatoms. The van der Waals surface area contributed by atoms with E-state index in [4.69, 9.17) is 11.6 Å². The number of aryl methyl sites for hydroxylation is 2. The average Bonchev–Trinajstić information content (AvgIpc) is 3.13. The summed E-state index contributed by atoms with van der Waals surface area (Å²) >= 11 is 7.44. The van der Waals surface area contributed by atoms with Gasteiger partial charge in [-0.05, 0) is 71.7 Å². The van der Waals surface area contributed by atoms with Crippen molar-refractivity contribution in [1.82, 2.24) is 14.8 Å². The number of nitrogens with zero attached hydrogens (tertiary/aromatic N) is 3. The van der Waals surface area contributed by atoms with Crippen LogP contribution in [-0.4, -0.2) is 20.7 Å². The highest BCUT2D eigenvalue weighted by Gasteiger charge is 2.15. The Bertz CT molecular complexity index is 1180. The van der Waals surface area contributed by atoms with Crippen molar-refractivity contribution >= 4 is 35.0 Å². The number of rotatable bonds is 7. The molecule has 0 unspecified atom stereocenters. The van der Waals surface area contributed by atoms with Crippen LogP contribution in [0.2, 0.25) is 5.28 Å². The summed E-state index contributed by atoms with van der Waals surface area (Å²) < 4.78 is 14.9. The van der Waals surface area contributed by atoms with Gasteiger partial charge in [-0.1, -0.05) is 42.5 Å².